The van der Waals surface area contributed by atoms with Crippen molar-refractivity contribution < 1.29 is 0 Å². The fraction of sp³-hybridized carbons (Fsp3) is 0.300. The van der Waals surface area contributed by atoms with Crippen molar-refractivity contribution in [3.8, 4) is 0 Å². The van der Waals surface area contributed by atoms with E-state index in [1.165, 1.54) is 5.69 Å². The van der Waals surface area contributed by atoms with E-state index in [2.05, 4.69) is 19.5 Å². The first-order valence-electron chi connectivity index (χ1n) is 4.83. The number of rotatable bonds is 1. The Balaban J connectivity index is 2.08. The number of nitrogens with zero attached hydrogens (tertiary/aromatic N) is 4. The molecule has 0 saturated carbocycles. The maximum atomic E-state index is 6.03. The minimum Gasteiger partial charge on any atom is -0.325 e. The molecule has 76 valence electrons. The van der Waals surface area contributed by atoms with E-state index >= 15 is 0 Å². The molecule has 0 spiro atoms. The van der Waals surface area contributed by atoms with Gasteiger partial charge in [-0.2, -0.15) is 0 Å². The van der Waals surface area contributed by atoms with Crippen LogP contribution < -0.4 is 0 Å². The van der Waals surface area contributed by atoms with Crippen LogP contribution in [0.2, 0.25) is 5.15 Å². The molecule has 1 atom stereocenters. The van der Waals surface area contributed by atoms with Gasteiger partial charge in [0.15, 0.2) is 5.15 Å². The Labute approximate surface area is 92.0 Å². The third kappa shape index (κ3) is 1.33. The fourth-order valence-electron chi connectivity index (χ4n) is 2.05. The molecule has 2 aromatic heterocycles. The van der Waals surface area contributed by atoms with Crippen LogP contribution in [0.1, 0.15) is 23.9 Å². The Bertz CT molecular complexity index is 494. The van der Waals surface area contributed by atoms with Crippen molar-refractivity contribution in [3.05, 3.63) is 41.5 Å². The molecule has 15 heavy (non-hydrogen) atoms. The standard InChI is InChI=1S/C10H9ClN4/c11-10-9(13-3-4-14-10)8-2-1-7-5-12-6-15(7)8/h3-6,8H,1-2H2. The lowest BCUT2D eigenvalue weighted by Crippen LogP contribution is -2.07. The molecule has 0 aliphatic carbocycles. The Morgan fingerprint density at radius 3 is 3.07 bits per heavy atom. The van der Waals surface area contributed by atoms with Crippen molar-refractivity contribution in [2.45, 2.75) is 18.9 Å². The molecule has 1 aliphatic heterocycles. The highest BCUT2D eigenvalue weighted by Crippen LogP contribution is 2.32. The molecule has 1 unspecified atom stereocenters. The Hall–Kier alpha value is -1.42. The van der Waals surface area contributed by atoms with E-state index in [0.717, 1.165) is 18.5 Å². The molecule has 2 aromatic rings. The fourth-order valence-corrected chi connectivity index (χ4v) is 2.28. The topological polar surface area (TPSA) is 43.6 Å². The van der Waals surface area contributed by atoms with Gasteiger partial charge in [0, 0.05) is 24.3 Å². The first-order valence-corrected chi connectivity index (χ1v) is 5.21. The lowest BCUT2D eigenvalue weighted by Gasteiger charge is -2.12. The summed E-state index contributed by atoms with van der Waals surface area (Å²) < 4.78 is 2.12. The van der Waals surface area contributed by atoms with Gasteiger partial charge in [0.1, 0.15) is 5.69 Å². The van der Waals surface area contributed by atoms with Crippen molar-refractivity contribution in [2.24, 2.45) is 0 Å². The average Bonchev–Trinajstić information content (AvgIpc) is 2.80. The molecule has 0 saturated heterocycles. The first kappa shape index (κ1) is 8.85. The van der Waals surface area contributed by atoms with E-state index in [1.54, 1.807) is 12.4 Å². The van der Waals surface area contributed by atoms with Gasteiger partial charge in [0.05, 0.1) is 12.4 Å². The molecule has 3 heterocycles. The van der Waals surface area contributed by atoms with E-state index in [1.807, 2.05) is 12.5 Å². The minimum atomic E-state index is 0.198. The van der Waals surface area contributed by atoms with Crippen molar-refractivity contribution in [1.82, 2.24) is 19.5 Å². The lowest BCUT2D eigenvalue weighted by molar-refractivity contribution is 0.595. The monoisotopic (exact) mass is 220 g/mol. The zero-order valence-corrected chi connectivity index (χ0v) is 8.72. The SMILES string of the molecule is Clc1nccnc1C1CCc2cncn21. The molecule has 0 radical (unpaired) electrons. The molecular weight excluding hydrogens is 212 g/mol. The molecule has 1 aliphatic rings. The summed E-state index contributed by atoms with van der Waals surface area (Å²) in [6.45, 7) is 0. The van der Waals surface area contributed by atoms with Crippen LogP contribution in [-0.4, -0.2) is 19.5 Å². The molecular formula is C10H9ClN4. The van der Waals surface area contributed by atoms with Crippen LogP contribution in [0.25, 0.3) is 0 Å². The number of imidazole rings is 1. The largest absolute Gasteiger partial charge is 0.325 e. The van der Waals surface area contributed by atoms with Crippen LogP contribution in [0.3, 0.4) is 0 Å². The predicted octanol–water partition coefficient (Wildman–Crippen LogP) is 1.86. The second-order valence-corrected chi connectivity index (χ2v) is 3.94. The third-order valence-corrected chi connectivity index (χ3v) is 3.04. The zero-order chi connectivity index (χ0) is 10.3. The Morgan fingerprint density at radius 1 is 1.33 bits per heavy atom. The zero-order valence-electron chi connectivity index (χ0n) is 7.97. The van der Waals surface area contributed by atoms with Gasteiger partial charge in [-0.15, -0.1) is 0 Å². The van der Waals surface area contributed by atoms with E-state index in [-0.39, 0.29) is 6.04 Å². The normalized spacial score (nSPS) is 19.1. The number of hydrogen-bond acceptors (Lipinski definition) is 3. The van der Waals surface area contributed by atoms with Crippen molar-refractivity contribution in [3.63, 3.8) is 0 Å². The van der Waals surface area contributed by atoms with Gasteiger partial charge in [-0.05, 0) is 12.8 Å². The summed E-state index contributed by atoms with van der Waals surface area (Å²) in [6.07, 6.45) is 9.06. The second kappa shape index (κ2) is 3.31. The van der Waals surface area contributed by atoms with Crippen LogP contribution >= 0.6 is 11.6 Å². The number of aryl methyl sites for hydroxylation is 1. The summed E-state index contributed by atoms with van der Waals surface area (Å²) in [5.74, 6) is 0. The van der Waals surface area contributed by atoms with Crippen LogP contribution in [0.15, 0.2) is 24.9 Å². The van der Waals surface area contributed by atoms with Crippen LogP contribution in [0, 0.1) is 0 Å². The van der Waals surface area contributed by atoms with Crippen molar-refractivity contribution >= 4 is 11.6 Å². The van der Waals surface area contributed by atoms with Crippen molar-refractivity contribution in [2.75, 3.05) is 0 Å². The molecule has 0 amide bonds. The van der Waals surface area contributed by atoms with E-state index in [0.29, 0.717) is 5.15 Å². The van der Waals surface area contributed by atoms with Crippen LogP contribution in [0.4, 0.5) is 0 Å². The summed E-state index contributed by atoms with van der Waals surface area (Å²) in [4.78, 5) is 12.5. The van der Waals surface area contributed by atoms with Gasteiger partial charge >= 0.3 is 0 Å². The molecule has 0 bridgehead atoms. The summed E-state index contributed by atoms with van der Waals surface area (Å²) in [6, 6.07) is 0.198. The molecule has 3 rings (SSSR count). The Kier molecular flexibility index (Phi) is 1.95. The predicted molar refractivity (Wildman–Crippen MR) is 55.7 cm³/mol. The third-order valence-electron chi connectivity index (χ3n) is 2.75. The van der Waals surface area contributed by atoms with E-state index in [4.69, 9.17) is 11.6 Å². The second-order valence-electron chi connectivity index (χ2n) is 3.58. The van der Waals surface area contributed by atoms with E-state index < -0.39 is 0 Å². The van der Waals surface area contributed by atoms with Crippen LogP contribution in [-0.2, 0) is 6.42 Å². The van der Waals surface area contributed by atoms with Gasteiger partial charge in [0.2, 0.25) is 0 Å². The first-order chi connectivity index (χ1) is 7.36. The number of aromatic nitrogens is 4. The Morgan fingerprint density at radius 2 is 2.20 bits per heavy atom. The summed E-state index contributed by atoms with van der Waals surface area (Å²) in [5, 5.41) is 0.490. The number of fused-ring (bicyclic) bond motifs is 1. The smallest absolute Gasteiger partial charge is 0.152 e. The maximum absolute atomic E-state index is 6.03. The van der Waals surface area contributed by atoms with Gasteiger partial charge in [-0.3, -0.25) is 4.98 Å². The molecule has 0 N–H and O–H groups in total. The quantitative estimate of drug-likeness (QED) is 0.737. The van der Waals surface area contributed by atoms with Crippen molar-refractivity contribution in [1.29, 1.82) is 0 Å². The van der Waals surface area contributed by atoms with E-state index in [9.17, 15) is 0 Å². The summed E-state index contributed by atoms with van der Waals surface area (Å²) in [7, 11) is 0. The minimum absolute atomic E-state index is 0.198. The molecule has 5 heteroatoms. The summed E-state index contributed by atoms with van der Waals surface area (Å²) in [5.41, 5.74) is 2.08. The molecule has 0 fully saturated rings. The number of halogens is 1. The lowest BCUT2D eigenvalue weighted by atomic mass is 10.1. The molecule has 4 nitrogen and oxygen atoms in total. The average molecular weight is 221 g/mol. The number of hydrogen-bond donors (Lipinski definition) is 0. The molecule has 0 aromatic carbocycles. The highest BCUT2D eigenvalue weighted by molar-refractivity contribution is 6.30. The van der Waals surface area contributed by atoms with Gasteiger partial charge in [-0.25, -0.2) is 9.97 Å². The van der Waals surface area contributed by atoms with Gasteiger partial charge < -0.3 is 4.57 Å². The highest BCUT2D eigenvalue weighted by atomic mass is 35.5. The maximum Gasteiger partial charge on any atom is 0.152 e. The summed E-state index contributed by atoms with van der Waals surface area (Å²) >= 11 is 6.03. The van der Waals surface area contributed by atoms with Gasteiger partial charge in [0.25, 0.3) is 0 Å². The van der Waals surface area contributed by atoms with Crippen LogP contribution in [0.5, 0.6) is 0 Å². The van der Waals surface area contributed by atoms with Gasteiger partial charge in [-0.1, -0.05) is 11.6 Å². The highest BCUT2D eigenvalue weighted by Gasteiger charge is 2.26.